The van der Waals surface area contributed by atoms with Crippen LogP contribution < -0.4 is 0 Å². The molecule has 1 fully saturated rings. The van der Waals surface area contributed by atoms with Gasteiger partial charge in [0.1, 0.15) is 5.82 Å². The lowest BCUT2D eigenvalue weighted by atomic mass is 9.95. The van der Waals surface area contributed by atoms with Crippen LogP contribution in [0.2, 0.25) is 0 Å². The van der Waals surface area contributed by atoms with Crippen molar-refractivity contribution in [1.82, 2.24) is 9.80 Å². The third-order valence-electron chi connectivity index (χ3n) is 4.69. The fourth-order valence-electron chi connectivity index (χ4n) is 3.15. The molecule has 2 rings (SSSR count). The van der Waals surface area contributed by atoms with Crippen LogP contribution in [0.25, 0.3) is 0 Å². The van der Waals surface area contributed by atoms with E-state index in [2.05, 4.69) is 23.8 Å². The van der Waals surface area contributed by atoms with Gasteiger partial charge in [0, 0.05) is 24.7 Å². The van der Waals surface area contributed by atoms with Crippen LogP contribution in [0.3, 0.4) is 0 Å². The van der Waals surface area contributed by atoms with Crippen molar-refractivity contribution in [2.24, 2.45) is 5.92 Å². The van der Waals surface area contributed by atoms with Crippen molar-refractivity contribution in [3.05, 3.63) is 35.6 Å². The van der Waals surface area contributed by atoms with Crippen LogP contribution in [0.5, 0.6) is 0 Å². The van der Waals surface area contributed by atoms with Crippen LogP contribution in [0.15, 0.2) is 24.3 Å². The van der Waals surface area contributed by atoms with Crippen molar-refractivity contribution in [2.45, 2.75) is 25.8 Å². The Morgan fingerprint density at radius 2 is 2.00 bits per heavy atom. The molecule has 0 amide bonds. The van der Waals surface area contributed by atoms with E-state index in [1.54, 1.807) is 6.07 Å². The molecule has 1 aliphatic rings. The first-order valence-electron chi connectivity index (χ1n) is 7.89. The molecular formula is C17H27FN2O. The summed E-state index contributed by atoms with van der Waals surface area (Å²) < 4.78 is 13.9. The predicted octanol–water partition coefficient (Wildman–Crippen LogP) is 2.52. The average molecular weight is 294 g/mol. The number of nitrogens with zero attached hydrogens (tertiary/aromatic N) is 2. The van der Waals surface area contributed by atoms with Crippen molar-refractivity contribution in [1.29, 1.82) is 0 Å². The molecule has 118 valence electrons. The Balaban J connectivity index is 1.85. The molecule has 1 N–H and O–H groups in total. The lowest BCUT2D eigenvalue weighted by molar-refractivity contribution is 0.120. The Morgan fingerprint density at radius 3 is 2.62 bits per heavy atom. The minimum absolute atomic E-state index is 0.0988. The van der Waals surface area contributed by atoms with Gasteiger partial charge in [-0.15, -0.1) is 0 Å². The maximum atomic E-state index is 13.9. The maximum absolute atomic E-state index is 13.9. The third kappa shape index (κ3) is 4.50. The number of β-amino-alcohol motifs (C(OH)–C–C–N with tert-alkyl or cyclic N) is 1. The summed E-state index contributed by atoms with van der Waals surface area (Å²) in [6.45, 7) is 6.23. The topological polar surface area (TPSA) is 26.7 Å². The number of hydrogen-bond donors (Lipinski definition) is 1. The zero-order valence-electron chi connectivity index (χ0n) is 13.1. The largest absolute Gasteiger partial charge is 0.395 e. The molecule has 1 saturated heterocycles. The van der Waals surface area contributed by atoms with Gasteiger partial charge in [-0.05, 0) is 51.9 Å². The van der Waals surface area contributed by atoms with Gasteiger partial charge in [0.05, 0.1) is 6.61 Å². The Bertz CT molecular complexity index is 433. The zero-order valence-corrected chi connectivity index (χ0v) is 13.1. The Hall–Kier alpha value is -0.970. The van der Waals surface area contributed by atoms with E-state index in [0.717, 1.165) is 44.6 Å². The molecule has 1 aromatic carbocycles. The van der Waals surface area contributed by atoms with Crippen LogP contribution >= 0.6 is 0 Å². The van der Waals surface area contributed by atoms with Gasteiger partial charge in [0.2, 0.25) is 0 Å². The average Bonchev–Trinajstić information content (AvgIpc) is 2.49. The first kappa shape index (κ1) is 16.4. The summed E-state index contributed by atoms with van der Waals surface area (Å²) in [5.74, 6) is 0.550. The SMILES string of the molecule is C[C@H](c1ccccc1F)N(C)CC1CCN(CCO)CC1. The van der Waals surface area contributed by atoms with Crippen LogP contribution in [-0.2, 0) is 0 Å². The second-order valence-electron chi connectivity index (χ2n) is 6.15. The Labute approximate surface area is 127 Å². The molecule has 0 saturated carbocycles. The molecule has 3 nitrogen and oxygen atoms in total. The summed E-state index contributed by atoms with van der Waals surface area (Å²) in [5.41, 5.74) is 0.776. The molecule has 4 heteroatoms. The highest BCUT2D eigenvalue weighted by atomic mass is 19.1. The van der Waals surface area contributed by atoms with Crippen molar-refractivity contribution in [3.63, 3.8) is 0 Å². The van der Waals surface area contributed by atoms with Crippen LogP contribution in [-0.4, -0.2) is 54.7 Å². The highest BCUT2D eigenvalue weighted by Crippen LogP contribution is 2.25. The van der Waals surface area contributed by atoms with Crippen molar-refractivity contribution in [2.75, 3.05) is 39.8 Å². The van der Waals surface area contributed by atoms with E-state index in [1.165, 1.54) is 6.07 Å². The number of aliphatic hydroxyl groups excluding tert-OH is 1. The summed E-state index contributed by atoms with van der Waals surface area (Å²) in [4.78, 5) is 4.57. The van der Waals surface area contributed by atoms with Gasteiger partial charge in [-0.25, -0.2) is 4.39 Å². The minimum atomic E-state index is -0.116. The van der Waals surface area contributed by atoms with Crippen LogP contribution in [0.4, 0.5) is 4.39 Å². The van der Waals surface area contributed by atoms with Crippen molar-refractivity contribution in [3.8, 4) is 0 Å². The van der Waals surface area contributed by atoms with Gasteiger partial charge in [0.25, 0.3) is 0 Å². The molecule has 0 unspecified atom stereocenters. The summed E-state index contributed by atoms with van der Waals surface area (Å²) in [6, 6.07) is 7.15. The van der Waals surface area contributed by atoms with E-state index in [4.69, 9.17) is 5.11 Å². The molecule has 21 heavy (non-hydrogen) atoms. The monoisotopic (exact) mass is 294 g/mol. The predicted molar refractivity (Wildman–Crippen MR) is 83.7 cm³/mol. The molecule has 0 aromatic heterocycles. The van der Waals surface area contributed by atoms with E-state index < -0.39 is 0 Å². The first-order valence-corrected chi connectivity index (χ1v) is 7.89. The van der Waals surface area contributed by atoms with Gasteiger partial charge in [-0.2, -0.15) is 0 Å². The Kier molecular flexibility index (Phi) is 6.15. The van der Waals surface area contributed by atoms with E-state index in [9.17, 15) is 4.39 Å². The highest BCUT2D eigenvalue weighted by Gasteiger charge is 2.23. The second kappa shape index (κ2) is 7.87. The van der Waals surface area contributed by atoms with E-state index >= 15 is 0 Å². The number of halogens is 1. The first-order chi connectivity index (χ1) is 10.1. The smallest absolute Gasteiger partial charge is 0.127 e. The van der Waals surface area contributed by atoms with E-state index in [0.29, 0.717) is 5.92 Å². The fourth-order valence-corrected chi connectivity index (χ4v) is 3.15. The zero-order chi connectivity index (χ0) is 15.2. The molecule has 1 aromatic rings. The summed E-state index contributed by atoms with van der Waals surface area (Å²) in [6.07, 6.45) is 2.32. The summed E-state index contributed by atoms with van der Waals surface area (Å²) in [5, 5.41) is 8.97. The maximum Gasteiger partial charge on any atom is 0.127 e. The molecule has 0 aliphatic carbocycles. The van der Waals surface area contributed by atoms with Gasteiger partial charge >= 0.3 is 0 Å². The van der Waals surface area contributed by atoms with Crippen LogP contribution in [0, 0.1) is 11.7 Å². The summed E-state index contributed by atoms with van der Waals surface area (Å²) in [7, 11) is 2.08. The standard InChI is InChI=1S/C17H27FN2O/c1-14(16-5-3-4-6-17(16)18)19(2)13-15-7-9-20(10-8-15)11-12-21/h3-6,14-15,21H,7-13H2,1-2H3/t14-/m1/s1. The van der Waals surface area contributed by atoms with Crippen molar-refractivity contribution >= 4 is 0 Å². The number of piperidine rings is 1. The van der Waals surface area contributed by atoms with Gasteiger partial charge in [-0.1, -0.05) is 18.2 Å². The van der Waals surface area contributed by atoms with Gasteiger partial charge in [-0.3, -0.25) is 4.90 Å². The molecule has 1 atom stereocenters. The molecule has 0 bridgehead atoms. The number of likely N-dealkylation sites (tertiary alicyclic amines) is 1. The highest BCUT2D eigenvalue weighted by molar-refractivity contribution is 5.20. The molecule has 1 aliphatic heterocycles. The molecular weight excluding hydrogens is 267 g/mol. The molecule has 1 heterocycles. The number of benzene rings is 1. The Morgan fingerprint density at radius 1 is 1.33 bits per heavy atom. The summed E-state index contributed by atoms with van der Waals surface area (Å²) >= 11 is 0. The molecule has 0 radical (unpaired) electrons. The van der Waals surface area contributed by atoms with Crippen molar-refractivity contribution < 1.29 is 9.50 Å². The number of hydrogen-bond acceptors (Lipinski definition) is 3. The fraction of sp³-hybridized carbons (Fsp3) is 0.647. The molecule has 0 spiro atoms. The number of rotatable bonds is 6. The minimum Gasteiger partial charge on any atom is -0.395 e. The third-order valence-corrected chi connectivity index (χ3v) is 4.69. The second-order valence-corrected chi connectivity index (χ2v) is 6.15. The lowest BCUT2D eigenvalue weighted by Gasteiger charge is -2.35. The van der Waals surface area contributed by atoms with E-state index in [1.807, 2.05) is 12.1 Å². The van der Waals surface area contributed by atoms with Crippen LogP contribution in [0.1, 0.15) is 31.4 Å². The quantitative estimate of drug-likeness (QED) is 0.873. The van der Waals surface area contributed by atoms with Gasteiger partial charge in [0.15, 0.2) is 0 Å². The lowest BCUT2D eigenvalue weighted by Crippen LogP contribution is -2.39. The van der Waals surface area contributed by atoms with Gasteiger partial charge < -0.3 is 10.0 Å². The number of aliphatic hydroxyl groups is 1. The van der Waals surface area contributed by atoms with E-state index in [-0.39, 0.29) is 18.5 Å². The normalized spacial score (nSPS) is 19.1.